The third kappa shape index (κ3) is 4.69. The van der Waals surface area contributed by atoms with Gasteiger partial charge < -0.3 is 15.8 Å². The predicted molar refractivity (Wildman–Crippen MR) is 77.8 cm³/mol. The third-order valence-electron chi connectivity index (χ3n) is 2.45. The lowest BCUT2D eigenvalue weighted by atomic mass is 10.2. The molecule has 0 aliphatic heterocycles. The lowest BCUT2D eigenvalue weighted by molar-refractivity contribution is -0.146. The van der Waals surface area contributed by atoms with Crippen LogP contribution in [0.5, 0.6) is 0 Å². The van der Waals surface area contributed by atoms with Crippen LogP contribution < -0.4 is 11.1 Å². The summed E-state index contributed by atoms with van der Waals surface area (Å²) in [6, 6.07) is 2.29. The first kappa shape index (κ1) is 17.4. The largest absolute Gasteiger partial charge is 0.464 e. The van der Waals surface area contributed by atoms with Crippen LogP contribution in [0, 0.1) is 0 Å². The molecule has 3 N–H and O–H groups in total. The van der Waals surface area contributed by atoms with Gasteiger partial charge in [-0.2, -0.15) is 0 Å². The van der Waals surface area contributed by atoms with Gasteiger partial charge in [0, 0.05) is 6.26 Å². The van der Waals surface area contributed by atoms with E-state index in [1.807, 2.05) is 0 Å². The number of carbonyl (C=O) groups is 2. The van der Waals surface area contributed by atoms with Gasteiger partial charge in [0.15, 0.2) is 15.9 Å². The molecule has 1 atom stereocenters. The molecule has 0 aliphatic rings. The molecular weight excluding hydrogens is 320 g/mol. The molecule has 0 radical (unpaired) electrons. The minimum atomic E-state index is -3.46. The summed E-state index contributed by atoms with van der Waals surface area (Å²) in [6.45, 7) is 1.67. The summed E-state index contributed by atoms with van der Waals surface area (Å²) in [7, 11) is -3.46. The molecule has 0 fully saturated rings. The highest BCUT2D eigenvalue weighted by Gasteiger charge is 2.24. The summed E-state index contributed by atoms with van der Waals surface area (Å²) in [5.41, 5.74) is 5.47. The zero-order chi connectivity index (χ0) is 16.2. The fourth-order valence-corrected chi connectivity index (χ4v) is 2.19. The van der Waals surface area contributed by atoms with Gasteiger partial charge >= 0.3 is 5.97 Å². The number of halogens is 1. The number of nitrogens with one attached hydrogen (secondary N) is 1. The van der Waals surface area contributed by atoms with Crippen LogP contribution in [0.1, 0.15) is 6.92 Å². The Balaban J connectivity index is 2.97. The molecule has 116 valence electrons. The zero-order valence-electron chi connectivity index (χ0n) is 11.4. The van der Waals surface area contributed by atoms with Crippen molar-refractivity contribution < 1.29 is 22.7 Å². The zero-order valence-corrected chi connectivity index (χ0v) is 13.0. The standard InChI is InChI=1S/C12H15ClN2O5S/c1-3-20-12(17)10(14)11(16)15-9-6-7(21(2,18)19)4-5-8(9)13/h4-6,10H,3,14H2,1-2H3,(H,15,16). The molecule has 1 aromatic rings. The van der Waals surface area contributed by atoms with E-state index in [1.54, 1.807) is 6.92 Å². The Kier molecular flexibility index (Phi) is 5.70. The predicted octanol–water partition coefficient (Wildman–Crippen LogP) is 0.572. The number of amides is 1. The van der Waals surface area contributed by atoms with Crippen LogP contribution in [0.15, 0.2) is 23.1 Å². The number of anilines is 1. The second-order valence-corrected chi connectivity index (χ2v) is 6.56. The number of sulfone groups is 1. The monoisotopic (exact) mass is 334 g/mol. The molecule has 9 heteroatoms. The fraction of sp³-hybridized carbons (Fsp3) is 0.333. The Labute approximate surface area is 127 Å². The average Bonchev–Trinajstić information content (AvgIpc) is 2.39. The van der Waals surface area contributed by atoms with E-state index >= 15 is 0 Å². The lowest BCUT2D eigenvalue weighted by Gasteiger charge is -2.13. The molecule has 0 aliphatic carbocycles. The van der Waals surface area contributed by atoms with E-state index in [0.717, 1.165) is 6.26 Å². The van der Waals surface area contributed by atoms with Gasteiger partial charge in [-0.05, 0) is 25.1 Å². The number of benzene rings is 1. The SMILES string of the molecule is CCOC(=O)C(N)C(=O)Nc1cc(S(C)(=O)=O)ccc1Cl. The van der Waals surface area contributed by atoms with Crippen LogP contribution >= 0.6 is 11.6 Å². The van der Waals surface area contributed by atoms with Crippen molar-refractivity contribution in [3.05, 3.63) is 23.2 Å². The van der Waals surface area contributed by atoms with Crippen LogP contribution in [-0.2, 0) is 24.2 Å². The van der Waals surface area contributed by atoms with Crippen LogP contribution in [0.4, 0.5) is 5.69 Å². The maximum absolute atomic E-state index is 11.8. The first-order valence-corrected chi connectivity index (χ1v) is 8.16. The average molecular weight is 335 g/mol. The summed E-state index contributed by atoms with van der Waals surface area (Å²) >= 11 is 5.87. The molecule has 0 saturated carbocycles. The molecule has 1 rings (SSSR count). The molecule has 0 spiro atoms. The van der Waals surface area contributed by atoms with Crippen LogP contribution in [0.25, 0.3) is 0 Å². The minimum Gasteiger partial charge on any atom is -0.464 e. The van der Waals surface area contributed by atoms with Gasteiger partial charge in [-0.3, -0.25) is 4.79 Å². The number of hydrogen-bond acceptors (Lipinski definition) is 6. The number of esters is 1. The maximum Gasteiger partial charge on any atom is 0.332 e. The summed E-state index contributed by atoms with van der Waals surface area (Å²) in [4.78, 5) is 23.1. The van der Waals surface area contributed by atoms with Gasteiger partial charge in [0.2, 0.25) is 0 Å². The van der Waals surface area contributed by atoms with E-state index in [-0.39, 0.29) is 22.2 Å². The Morgan fingerprint density at radius 2 is 2.05 bits per heavy atom. The van der Waals surface area contributed by atoms with Gasteiger partial charge in [-0.1, -0.05) is 11.6 Å². The number of hydrogen-bond donors (Lipinski definition) is 2. The molecule has 0 aromatic heterocycles. The molecule has 0 heterocycles. The molecule has 0 saturated heterocycles. The topological polar surface area (TPSA) is 116 Å². The van der Waals surface area contributed by atoms with Crippen molar-refractivity contribution in [2.45, 2.75) is 17.9 Å². The summed E-state index contributed by atoms with van der Waals surface area (Å²) in [5.74, 6) is -1.73. The molecular formula is C12H15ClN2O5S. The van der Waals surface area contributed by atoms with Crippen LogP contribution in [0.3, 0.4) is 0 Å². The van der Waals surface area contributed by atoms with Gasteiger partial charge in [0.1, 0.15) is 0 Å². The van der Waals surface area contributed by atoms with E-state index in [1.165, 1.54) is 18.2 Å². The summed E-state index contributed by atoms with van der Waals surface area (Å²) in [6.07, 6.45) is 1.02. The maximum atomic E-state index is 11.8. The van der Waals surface area contributed by atoms with Gasteiger partial charge in [-0.15, -0.1) is 0 Å². The van der Waals surface area contributed by atoms with E-state index < -0.39 is 27.8 Å². The number of rotatable bonds is 5. The minimum absolute atomic E-state index is 0.0214. The van der Waals surface area contributed by atoms with Gasteiger partial charge in [0.25, 0.3) is 5.91 Å². The first-order valence-electron chi connectivity index (χ1n) is 5.89. The second-order valence-electron chi connectivity index (χ2n) is 4.13. The van der Waals surface area contributed by atoms with Crippen molar-refractivity contribution in [3.63, 3.8) is 0 Å². The molecule has 1 unspecified atom stereocenters. The summed E-state index contributed by atoms with van der Waals surface area (Å²) in [5, 5.41) is 2.42. The summed E-state index contributed by atoms with van der Waals surface area (Å²) < 4.78 is 27.5. The number of carbonyl (C=O) groups excluding carboxylic acids is 2. The smallest absolute Gasteiger partial charge is 0.332 e. The van der Waals surface area contributed by atoms with Crippen molar-refractivity contribution >= 4 is 39.0 Å². The molecule has 21 heavy (non-hydrogen) atoms. The van der Waals surface area contributed by atoms with Crippen molar-refractivity contribution in [3.8, 4) is 0 Å². The van der Waals surface area contributed by atoms with Crippen LogP contribution in [-0.4, -0.2) is 39.2 Å². The Hall–Kier alpha value is -1.64. The molecule has 1 amide bonds. The van der Waals surface area contributed by atoms with Crippen molar-refractivity contribution in [1.29, 1.82) is 0 Å². The molecule has 0 bridgehead atoms. The van der Waals surface area contributed by atoms with Crippen molar-refractivity contribution in [1.82, 2.24) is 0 Å². The molecule has 7 nitrogen and oxygen atoms in total. The Morgan fingerprint density at radius 1 is 1.43 bits per heavy atom. The van der Waals surface area contributed by atoms with Crippen molar-refractivity contribution in [2.75, 3.05) is 18.2 Å². The highest BCUT2D eigenvalue weighted by Crippen LogP contribution is 2.25. The second kappa shape index (κ2) is 6.88. The fourth-order valence-electron chi connectivity index (χ4n) is 1.38. The van der Waals surface area contributed by atoms with E-state index in [2.05, 4.69) is 10.1 Å². The number of ether oxygens (including phenoxy) is 1. The van der Waals surface area contributed by atoms with Gasteiger partial charge in [0.05, 0.1) is 22.2 Å². The van der Waals surface area contributed by atoms with E-state index in [0.29, 0.717) is 0 Å². The highest BCUT2D eigenvalue weighted by atomic mass is 35.5. The third-order valence-corrected chi connectivity index (χ3v) is 3.89. The lowest BCUT2D eigenvalue weighted by Crippen LogP contribution is -2.43. The highest BCUT2D eigenvalue weighted by molar-refractivity contribution is 7.90. The Morgan fingerprint density at radius 3 is 2.57 bits per heavy atom. The Bertz CT molecular complexity index is 660. The van der Waals surface area contributed by atoms with Crippen molar-refractivity contribution in [2.24, 2.45) is 5.73 Å². The van der Waals surface area contributed by atoms with E-state index in [9.17, 15) is 18.0 Å². The molecule has 1 aromatic carbocycles. The van der Waals surface area contributed by atoms with E-state index in [4.69, 9.17) is 17.3 Å². The normalized spacial score (nSPS) is 12.6. The number of nitrogens with two attached hydrogens (primary N) is 1. The van der Waals surface area contributed by atoms with Crippen LogP contribution in [0.2, 0.25) is 5.02 Å². The van der Waals surface area contributed by atoms with Gasteiger partial charge in [-0.25, -0.2) is 13.2 Å². The quantitative estimate of drug-likeness (QED) is 0.601. The first-order chi connectivity index (χ1) is 9.66.